The summed E-state index contributed by atoms with van der Waals surface area (Å²) >= 11 is 0. The number of nitriles is 1. The molecule has 0 amide bonds. The smallest absolute Gasteiger partial charge is 0.176 e. The molecule has 2 aliphatic rings. The molecule has 3 heteroatoms. The first-order valence-corrected chi connectivity index (χ1v) is 10.4. The van der Waals surface area contributed by atoms with E-state index in [9.17, 15) is 5.26 Å². The number of nitrogens with zero attached hydrogens (tertiary/aromatic N) is 1. The average Bonchev–Trinajstić information content (AvgIpc) is 2.64. The van der Waals surface area contributed by atoms with E-state index in [4.69, 9.17) is 9.47 Å². The third-order valence-corrected chi connectivity index (χ3v) is 6.07. The summed E-state index contributed by atoms with van der Waals surface area (Å²) in [6.45, 7) is 6.06. The number of hydrogen-bond donors (Lipinski definition) is 0. The van der Waals surface area contributed by atoms with Crippen LogP contribution in [0, 0.1) is 28.6 Å². The summed E-state index contributed by atoms with van der Waals surface area (Å²) in [5.41, 5.74) is -0.393. The molecule has 138 valence electrons. The van der Waals surface area contributed by atoms with Crippen LogP contribution in [0.2, 0.25) is 0 Å². The Labute approximate surface area is 149 Å². The Kier molecular flexibility index (Phi) is 8.56. The first-order valence-electron chi connectivity index (χ1n) is 10.4. The standard InChI is InChI=1S/C21H37NO2/c1-3-5-7-8-10-19-15-23-20(24-16-19)21(17-22)13-11-18(12-14-21)9-6-4-2/h18-20H,3-16H2,1-2H3/t18-,19?,20?,21-. The van der Waals surface area contributed by atoms with Crippen LogP contribution in [-0.2, 0) is 9.47 Å². The Bertz CT molecular complexity index is 374. The van der Waals surface area contributed by atoms with E-state index in [0.717, 1.165) is 44.8 Å². The highest BCUT2D eigenvalue weighted by molar-refractivity contribution is 5.04. The molecule has 0 N–H and O–H groups in total. The van der Waals surface area contributed by atoms with Crippen molar-refractivity contribution in [3.05, 3.63) is 0 Å². The van der Waals surface area contributed by atoms with E-state index < -0.39 is 5.41 Å². The third-order valence-electron chi connectivity index (χ3n) is 6.07. The monoisotopic (exact) mass is 335 g/mol. The molecule has 1 saturated heterocycles. The van der Waals surface area contributed by atoms with Gasteiger partial charge in [-0.05, 0) is 38.0 Å². The Morgan fingerprint density at radius 2 is 1.50 bits per heavy atom. The zero-order valence-electron chi connectivity index (χ0n) is 15.9. The van der Waals surface area contributed by atoms with Gasteiger partial charge in [0.1, 0.15) is 5.41 Å². The van der Waals surface area contributed by atoms with Crippen molar-refractivity contribution in [2.45, 2.75) is 97.2 Å². The van der Waals surface area contributed by atoms with Crippen molar-refractivity contribution in [2.24, 2.45) is 17.3 Å². The minimum absolute atomic E-state index is 0.290. The topological polar surface area (TPSA) is 42.2 Å². The molecule has 0 atom stereocenters. The van der Waals surface area contributed by atoms with Gasteiger partial charge in [-0.15, -0.1) is 0 Å². The minimum Gasteiger partial charge on any atom is -0.351 e. The second-order valence-electron chi connectivity index (χ2n) is 8.07. The van der Waals surface area contributed by atoms with Gasteiger partial charge in [-0.2, -0.15) is 5.26 Å². The summed E-state index contributed by atoms with van der Waals surface area (Å²) in [6, 6.07) is 2.59. The molecule has 0 bridgehead atoms. The lowest BCUT2D eigenvalue weighted by atomic mass is 9.69. The van der Waals surface area contributed by atoms with Gasteiger partial charge in [0.05, 0.1) is 19.3 Å². The van der Waals surface area contributed by atoms with E-state index in [1.807, 2.05) is 0 Å². The van der Waals surface area contributed by atoms with Crippen LogP contribution in [0.25, 0.3) is 0 Å². The molecule has 1 aliphatic heterocycles. The lowest BCUT2D eigenvalue weighted by Crippen LogP contribution is -2.45. The molecule has 2 fully saturated rings. The van der Waals surface area contributed by atoms with Crippen LogP contribution >= 0.6 is 0 Å². The maximum Gasteiger partial charge on any atom is 0.176 e. The molecule has 0 spiro atoms. The lowest BCUT2D eigenvalue weighted by molar-refractivity contribution is -0.247. The Morgan fingerprint density at radius 3 is 2.08 bits per heavy atom. The van der Waals surface area contributed by atoms with Gasteiger partial charge in [-0.25, -0.2) is 0 Å². The van der Waals surface area contributed by atoms with Gasteiger partial charge < -0.3 is 9.47 Å². The molecule has 0 aromatic rings. The van der Waals surface area contributed by atoms with Crippen molar-refractivity contribution in [3.8, 4) is 6.07 Å². The van der Waals surface area contributed by atoms with Gasteiger partial charge in [0.25, 0.3) is 0 Å². The molecule has 3 nitrogen and oxygen atoms in total. The van der Waals surface area contributed by atoms with Gasteiger partial charge in [0, 0.05) is 5.92 Å². The van der Waals surface area contributed by atoms with Gasteiger partial charge >= 0.3 is 0 Å². The second-order valence-corrected chi connectivity index (χ2v) is 8.07. The van der Waals surface area contributed by atoms with E-state index >= 15 is 0 Å². The molecule has 2 rings (SSSR count). The first kappa shape index (κ1) is 19.7. The molecule has 0 unspecified atom stereocenters. The minimum atomic E-state index is -0.393. The molecule has 1 heterocycles. The predicted molar refractivity (Wildman–Crippen MR) is 97.5 cm³/mol. The highest BCUT2D eigenvalue weighted by Crippen LogP contribution is 2.45. The number of rotatable bonds is 9. The second kappa shape index (κ2) is 10.4. The van der Waals surface area contributed by atoms with Gasteiger partial charge in [-0.3, -0.25) is 0 Å². The van der Waals surface area contributed by atoms with Crippen LogP contribution in [0.4, 0.5) is 0 Å². The highest BCUT2D eigenvalue weighted by atomic mass is 16.7. The van der Waals surface area contributed by atoms with Crippen molar-refractivity contribution in [1.29, 1.82) is 5.26 Å². The Morgan fingerprint density at radius 1 is 0.875 bits per heavy atom. The van der Waals surface area contributed by atoms with Crippen LogP contribution in [0.1, 0.15) is 90.9 Å². The Balaban J connectivity index is 1.74. The van der Waals surface area contributed by atoms with Crippen LogP contribution < -0.4 is 0 Å². The highest BCUT2D eigenvalue weighted by Gasteiger charge is 2.45. The van der Waals surface area contributed by atoms with E-state index in [-0.39, 0.29) is 6.29 Å². The van der Waals surface area contributed by atoms with Gasteiger partial charge in [0.2, 0.25) is 0 Å². The van der Waals surface area contributed by atoms with Crippen molar-refractivity contribution in [1.82, 2.24) is 0 Å². The van der Waals surface area contributed by atoms with Gasteiger partial charge in [-0.1, -0.05) is 58.8 Å². The van der Waals surface area contributed by atoms with Crippen LogP contribution in [-0.4, -0.2) is 19.5 Å². The summed E-state index contributed by atoms with van der Waals surface area (Å²) in [6.07, 6.45) is 14.3. The van der Waals surface area contributed by atoms with E-state index in [1.165, 1.54) is 51.4 Å². The summed E-state index contributed by atoms with van der Waals surface area (Å²) in [7, 11) is 0. The van der Waals surface area contributed by atoms with E-state index in [0.29, 0.717) is 5.92 Å². The average molecular weight is 336 g/mol. The van der Waals surface area contributed by atoms with Crippen molar-refractivity contribution in [3.63, 3.8) is 0 Å². The first-order chi connectivity index (χ1) is 11.7. The molecular weight excluding hydrogens is 298 g/mol. The zero-order chi connectivity index (χ0) is 17.3. The normalized spacial score (nSPS) is 34.0. The molecular formula is C21H37NO2. The molecule has 1 aliphatic carbocycles. The largest absolute Gasteiger partial charge is 0.351 e. The number of hydrogen-bond acceptors (Lipinski definition) is 3. The Hall–Kier alpha value is -0.590. The van der Waals surface area contributed by atoms with Crippen molar-refractivity contribution in [2.75, 3.05) is 13.2 Å². The summed E-state index contributed by atoms with van der Waals surface area (Å²) in [5, 5.41) is 9.81. The van der Waals surface area contributed by atoms with Crippen LogP contribution in [0.15, 0.2) is 0 Å². The molecule has 0 aromatic heterocycles. The summed E-state index contributed by atoms with van der Waals surface area (Å²) in [5.74, 6) is 1.33. The van der Waals surface area contributed by atoms with E-state index in [2.05, 4.69) is 19.9 Å². The maximum atomic E-state index is 9.81. The molecule has 24 heavy (non-hydrogen) atoms. The van der Waals surface area contributed by atoms with E-state index in [1.54, 1.807) is 0 Å². The quantitative estimate of drug-likeness (QED) is 0.497. The zero-order valence-corrected chi connectivity index (χ0v) is 15.9. The number of unbranched alkanes of at least 4 members (excludes halogenated alkanes) is 4. The third kappa shape index (κ3) is 5.46. The molecule has 0 aromatic carbocycles. The lowest BCUT2D eigenvalue weighted by Gasteiger charge is -2.42. The predicted octanol–water partition coefficient (Wildman–Crippen LogP) is 5.84. The fraction of sp³-hybridized carbons (Fsp3) is 0.952. The summed E-state index contributed by atoms with van der Waals surface area (Å²) < 4.78 is 12.1. The molecule has 0 radical (unpaired) electrons. The van der Waals surface area contributed by atoms with Gasteiger partial charge in [0.15, 0.2) is 6.29 Å². The SMILES string of the molecule is CCCCCCC1COC([C@]2(C#N)CC[C@@H](CCCC)CC2)OC1. The van der Waals surface area contributed by atoms with Crippen molar-refractivity contribution < 1.29 is 9.47 Å². The summed E-state index contributed by atoms with van der Waals surface area (Å²) in [4.78, 5) is 0. The van der Waals surface area contributed by atoms with Crippen LogP contribution in [0.3, 0.4) is 0 Å². The van der Waals surface area contributed by atoms with Crippen molar-refractivity contribution >= 4 is 0 Å². The molecule has 1 saturated carbocycles. The fourth-order valence-corrected chi connectivity index (χ4v) is 4.26. The maximum absolute atomic E-state index is 9.81. The fourth-order valence-electron chi connectivity index (χ4n) is 4.26. The number of ether oxygens (including phenoxy) is 2. The van der Waals surface area contributed by atoms with Crippen LogP contribution in [0.5, 0.6) is 0 Å².